The summed E-state index contributed by atoms with van der Waals surface area (Å²) in [5.41, 5.74) is 7.56. The van der Waals surface area contributed by atoms with Crippen molar-refractivity contribution in [2.24, 2.45) is 11.7 Å². The van der Waals surface area contributed by atoms with Crippen molar-refractivity contribution in [1.29, 1.82) is 0 Å². The predicted molar refractivity (Wildman–Crippen MR) is 70.0 cm³/mol. The average Bonchev–Trinajstić information content (AvgIpc) is 3.08. The molecule has 1 fully saturated rings. The van der Waals surface area contributed by atoms with Crippen molar-refractivity contribution >= 4 is 22.5 Å². The van der Waals surface area contributed by atoms with Gasteiger partial charge in [-0.25, -0.2) is 0 Å². The molecule has 1 aliphatic carbocycles. The van der Waals surface area contributed by atoms with Crippen LogP contribution in [0.1, 0.15) is 19.3 Å². The Morgan fingerprint density at radius 1 is 1.56 bits per heavy atom. The van der Waals surface area contributed by atoms with Crippen LogP contribution in [0.25, 0.3) is 10.9 Å². The topological polar surface area (TPSA) is 83.8 Å². The highest BCUT2D eigenvalue weighted by Gasteiger charge is 2.29. The van der Waals surface area contributed by atoms with Crippen molar-refractivity contribution in [2.75, 3.05) is 5.32 Å². The molecule has 0 aliphatic heterocycles. The molecular formula is C13H16N4O. The number of carbonyl (C=O) groups is 1. The molecule has 94 valence electrons. The van der Waals surface area contributed by atoms with E-state index in [1.165, 1.54) is 0 Å². The van der Waals surface area contributed by atoms with E-state index in [1.807, 2.05) is 18.2 Å². The molecule has 1 atom stereocenters. The molecule has 1 heterocycles. The number of nitrogens with one attached hydrogen (secondary N) is 2. The number of hydrogen-bond donors (Lipinski definition) is 3. The Balaban J connectivity index is 1.71. The fraction of sp³-hybridized carbons (Fsp3) is 0.385. The highest BCUT2D eigenvalue weighted by molar-refractivity contribution is 6.00. The molecule has 18 heavy (non-hydrogen) atoms. The summed E-state index contributed by atoms with van der Waals surface area (Å²) in [5.74, 6) is 0.509. The first-order valence-corrected chi connectivity index (χ1v) is 6.21. The van der Waals surface area contributed by atoms with Crippen molar-refractivity contribution in [2.45, 2.75) is 25.3 Å². The third-order valence-corrected chi connectivity index (χ3v) is 3.40. The predicted octanol–water partition coefficient (Wildman–Crippen LogP) is 1.63. The fourth-order valence-electron chi connectivity index (χ4n) is 2.18. The molecule has 1 aromatic heterocycles. The van der Waals surface area contributed by atoms with Gasteiger partial charge in [-0.15, -0.1) is 0 Å². The lowest BCUT2D eigenvalue weighted by Crippen LogP contribution is -2.28. The zero-order valence-corrected chi connectivity index (χ0v) is 10.0. The molecule has 0 bridgehead atoms. The van der Waals surface area contributed by atoms with Crippen LogP contribution < -0.4 is 11.1 Å². The Morgan fingerprint density at radius 3 is 3.17 bits per heavy atom. The number of benzene rings is 1. The van der Waals surface area contributed by atoms with Gasteiger partial charge in [0.2, 0.25) is 5.91 Å². The fourth-order valence-corrected chi connectivity index (χ4v) is 2.18. The molecule has 4 N–H and O–H groups in total. The summed E-state index contributed by atoms with van der Waals surface area (Å²) >= 11 is 0. The van der Waals surface area contributed by atoms with Gasteiger partial charge in [0.15, 0.2) is 0 Å². The second-order valence-corrected chi connectivity index (χ2v) is 4.89. The lowest BCUT2D eigenvalue weighted by molar-refractivity contribution is -0.116. The van der Waals surface area contributed by atoms with Gasteiger partial charge in [-0.3, -0.25) is 9.89 Å². The molecule has 0 radical (unpaired) electrons. The molecular weight excluding hydrogens is 228 g/mol. The van der Waals surface area contributed by atoms with Gasteiger partial charge in [-0.2, -0.15) is 5.10 Å². The summed E-state index contributed by atoms with van der Waals surface area (Å²) in [7, 11) is 0. The van der Waals surface area contributed by atoms with Crippen molar-refractivity contribution in [3.05, 3.63) is 24.4 Å². The van der Waals surface area contributed by atoms with E-state index < -0.39 is 0 Å². The third kappa shape index (κ3) is 2.22. The number of anilines is 1. The zero-order valence-electron chi connectivity index (χ0n) is 10.0. The number of carbonyl (C=O) groups excluding carboxylic acids is 1. The summed E-state index contributed by atoms with van der Waals surface area (Å²) < 4.78 is 0. The number of aromatic amines is 1. The minimum absolute atomic E-state index is 0.00836. The van der Waals surface area contributed by atoms with Crippen LogP contribution in [0.2, 0.25) is 0 Å². The van der Waals surface area contributed by atoms with Crippen LogP contribution in [0.4, 0.5) is 5.69 Å². The van der Waals surface area contributed by atoms with Crippen molar-refractivity contribution < 1.29 is 4.79 Å². The quantitative estimate of drug-likeness (QED) is 0.764. The highest BCUT2D eigenvalue weighted by atomic mass is 16.1. The highest BCUT2D eigenvalue weighted by Crippen LogP contribution is 2.33. The summed E-state index contributed by atoms with van der Waals surface area (Å²) in [6, 6.07) is 5.70. The van der Waals surface area contributed by atoms with Crippen LogP contribution >= 0.6 is 0 Å². The summed E-state index contributed by atoms with van der Waals surface area (Å²) in [5, 5.41) is 10.7. The van der Waals surface area contributed by atoms with Crippen molar-refractivity contribution in [1.82, 2.24) is 10.2 Å². The van der Waals surface area contributed by atoms with Gasteiger partial charge in [-0.1, -0.05) is 12.1 Å². The monoisotopic (exact) mass is 244 g/mol. The molecule has 1 unspecified atom stereocenters. The Bertz CT molecular complexity index is 573. The SMILES string of the molecule is NC(CC(=O)Nc1cccc2cn[nH]c12)C1CC1. The Labute approximate surface area is 105 Å². The number of hydrogen-bond acceptors (Lipinski definition) is 3. The minimum Gasteiger partial charge on any atom is -0.327 e. The Morgan fingerprint density at radius 2 is 2.39 bits per heavy atom. The Kier molecular flexibility index (Phi) is 2.76. The molecule has 0 saturated heterocycles. The van der Waals surface area contributed by atoms with E-state index in [4.69, 9.17) is 5.73 Å². The van der Waals surface area contributed by atoms with Crippen LogP contribution in [0.5, 0.6) is 0 Å². The smallest absolute Gasteiger partial charge is 0.226 e. The van der Waals surface area contributed by atoms with E-state index in [2.05, 4.69) is 15.5 Å². The van der Waals surface area contributed by atoms with Gasteiger partial charge in [0.05, 0.1) is 17.4 Å². The number of rotatable bonds is 4. The number of nitrogens with two attached hydrogens (primary N) is 1. The second-order valence-electron chi connectivity index (χ2n) is 4.89. The van der Waals surface area contributed by atoms with E-state index in [9.17, 15) is 4.79 Å². The lowest BCUT2D eigenvalue weighted by Gasteiger charge is -2.10. The van der Waals surface area contributed by atoms with Crippen LogP contribution in [-0.4, -0.2) is 22.1 Å². The summed E-state index contributed by atoms with van der Waals surface area (Å²) in [6.45, 7) is 0. The van der Waals surface area contributed by atoms with E-state index in [-0.39, 0.29) is 11.9 Å². The number of amides is 1. The van der Waals surface area contributed by atoms with Crippen LogP contribution in [0.3, 0.4) is 0 Å². The van der Waals surface area contributed by atoms with Crippen molar-refractivity contribution in [3.8, 4) is 0 Å². The van der Waals surface area contributed by atoms with Gasteiger partial charge >= 0.3 is 0 Å². The molecule has 1 aromatic carbocycles. The second kappa shape index (κ2) is 4.42. The first-order valence-electron chi connectivity index (χ1n) is 6.21. The van der Waals surface area contributed by atoms with Crippen LogP contribution in [0.15, 0.2) is 24.4 Å². The number of aromatic nitrogens is 2. The standard InChI is InChI=1S/C13H16N4O/c14-10(8-4-5-8)6-12(18)16-11-3-1-2-9-7-15-17-13(9)11/h1-3,7-8,10H,4-6,14H2,(H,15,17)(H,16,18). The van der Waals surface area contributed by atoms with Gasteiger partial charge in [0.25, 0.3) is 0 Å². The number of H-pyrrole nitrogens is 1. The minimum atomic E-state index is -0.0310. The van der Waals surface area contributed by atoms with E-state index in [0.29, 0.717) is 12.3 Å². The zero-order chi connectivity index (χ0) is 12.5. The lowest BCUT2D eigenvalue weighted by atomic mass is 10.1. The third-order valence-electron chi connectivity index (χ3n) is 3.40. The first kappa shape index (κ1) is 11.2. The molecule has 1 amide bonds. The van der Waals surface area contributed by atoms with Gasteiger partial charge in [0, 0.05) is 17.8 Å². The molecule has 3 rings (SSSR count). The normalized spacial score (nSPS) is 16.7. The molecule has 1 aliphatic rings. The number of nitrogens with zero attached hydrogens (tertiary/aromatic N) is 1. The molecule has 0 spiro atoms. The molecule has 5 heteroatoms. The van der Waals surface area contributed by atoms with Crippen molar-refractivity contribution in [3.63, 3.8) is 0 Å². The maximum absolute atomic E-state index is 11.9. The Hall–Kier alpha value is -1.88. The van der Waals surface area contributed by atoms with E-state index >= 15 is 0 Å². The van der Waals surface area contributed by atoms with Crippen LogP contribution in [-0.2, 0) is 4.79 Å². The van der Waals surface area contributed by atoms with E-state index in [0.717, 1.165) is 29.4 Å². The van der Waals surface area contributed by atoms with Gasteiger partial charge in [0.1, 0.15) is 0 Å². The number of fused-ring (bicyclic) bond motifs is 1. The molecule has 1 saturated carbocycles. The summed E-state index contributed by atoms with van der Waals surface area (Å²) in [4.78, 5) is 11.9. The first-order chi connectivity index (χ1) is 8.74. The largest absolute Gasteiger partial charge is 0.327 e. The maximum Gasteiger partial charge on any atom is 0.226 e. The van der Waals surface area contributed by atoms with E-state index in [1.54, 1.807) is 6.20 Å². The molecule has 2 aromatic rings. The van der Waals surface area contributed by atoms with Gasteiger partial charge in [-0.05, 0) is 24.8 Å². The number of para-hydroxylation sites is 1. The van der Waals surface area contributed by atoms with Crippen LogP contribution in [0, 0.1) is 5.92 Å². The maximum atomic E-state index is 11.9. The summed E-state index contributed by atoms with van der Waals surface area (Å²) in [6.07, 6.45) is 4.44. The molecule has 5 nitrogen and oxygen atoms in total. The average molecular weight is 244 g/mol. The van der Waals surface area contributed by atoms with Gasteiger partial charge < -0.3 is 11.1 Å².